The SMILES string of the molecule is CCCOCCN1CCCC(C)(O)C1. The Balaban J connectivity index is 2.12. The minimum Gasteiger partial charge on any atom is -0.389 e. The van der Waals surface area contributed by atoms with Crippen LogP contribution in [0.2, 0.25) is 0 Å². The zero-order valence-electron chi connectivity index (χ0n) is 9.46. The van der Waals surface area contributed by atoms with E-state index in [4.69, 9.17) is 4.74 Å². The lowest BCUT2D eigenvalue weighted by molar-refractivity contribution is -0.0235. The van der Waals surface area contributed by atoms with Crippen LogP contribution in [0.15, 0.2) is 0 Å². The van der Waals surface area contributed by atoms with E-state index in [0.29, 0.717) is 0 Å². The highest BCUT2D eigenvalue weighted by Gasteiger charge is 2.27. The van der Waals surface area contributed by atoms with E-state index in [9.17, 15) is 5.11 Å². The van der Waals surface area contributed by atoms with Crippen LogP contribution >= 0.6 is 0 Å². The van der Waals surface area contributed by atoms with Gasteiger partial charge in [-0.3, -0.25) is 4.90 Å². The molecule has 1 heterocycles. The molecule has 3 heteroatoms. The average Bonchev–Trinajstić information content (AvgIpc) is 2.11. The topological polar surface area (TPSA) is 32.7 Å². The third-order valence-corrected chi connectivity index (χ3v) is 2.65. The molecule has 1 N–H and O–H groups in total. The molecule has 0 saturated carbocycles. The van der Waals surface area contributed by atoms with E-state index < -0.39 is 5.60 Å². The second kappa shape index (κ2) is 5.69. The zero-order valence-corrected chi connectivity index (χ0v) is 9.46. The Kier molecular flexibility index (Phi) is 4.85. The maximum Gasteiger partial charge on any atom is 0.0746 e. The summed E-state index contributed by atoms with van der Waals surface area (Å²) in [5.41, 5.74) is -0.483. The molecule has 1 aliphatic heterocycles. The molecule has 0 aromatic rings. The van der Waals surface area contributed by atoms with Gasteiger partial charge in [0.1, 0.15) is 0 Å². The summed E-state index contributed by atoms with van der Waals surface area (Å²) in [5.74, 6) is 0. The van der Waals surface area contributed by atoms with Crippen molar-refractivity contribution in [1.82, 2.24) is 4.90 Å². The van der Waals surface area contributed by atoms with Crippen molar-refractivity contribution >= 4 is 0 Å². The molecule has 0 aromatic carbocycles. The third-order valence-electron chi connectivity index (χ3n) is 2.65. The molecular weight excluding hydrogens is 178 g/mol. The Bertz CT molecular complexity index is 159. The highest BCUT2D eigenvalue weighted by Crippen LogP contribution is 2.19. The fourth-order valence-electron chi connectivity index (χ4n) is 1.95. The molecule has 0 bridgehead atoms. The molecular formula is C11H23NO2. The zero-order chi connectivity index (χ0) is 10.4. The standard InChI is InChI=1S/C11H23NO2/c1-3-8-14-9-7-12-6-4-5-11(2,13)10-12/h13H,3-10H2,1-2H3. The first-order valence-corrected chi connectivity index (χ1v) is 5.66. The first kappa shape index (κ1) is 12.0. The van der Waals surface area contributed by atoms with E-state index in [1.807, 2.05) is 6.92 Å². The second-order valence-electron chi connectivity index (χ2n) is 4.49. The van der Waals surface area contributed by atoms with Gasteiger partial charge in [-0.2, -0.15) is 0 Å². The Morgan fingerprint density at radius 1 is 1.43 bits per heavy atom. The summed E-state index contributed by atoms with van der Waals surface area (Å²) in [6, 6.07) is 0. The molecule has 84 valence electrons. The number of hydrogen-bond acceptors (Lipinski definition) is 3. The van der Waals surface area contributed by atoms with E-state index in [2.05, 4.69) is 11.8 Å². The maximum absolute atomic E-state index is 9.87. The van der Waals surface area contributed by atoms with Gasteiger partial charge >= 0.3 is 0 Å². The summed E-state index contributed by atoms with van der Waals surface area (Å²) in [6.45, 7) is 8.54. The summed E-state index contributed by atoms with van der Waals surface area (Å²) >= 11 is 0. The number of likely N-dealkylation sites (tertiary alicyclic amines) is 1. The van der Waals surface area contributed by atoms with Crippen molar-refractivity contribution in [3.8, 4) is 0 Å². The minimum atomic E-state index is -0.483. The Morgan fingerprint density at radius 2 is 2.21 bits per heavy atom. The monoisotopic (exact) mass is 201 g/mol. The van der Waals surface area contributed by atoms with Gasteiger partial charge in [0.05, 0.1) is 12.2 Å². The van der Waals surface area contributed by atoms with Gasteiger partial charge in [0.25, 0.3) is 0 Å². The fraction of sp³-hybridized carbons (Fsp3) is 1.00. The van der Waals surface area contributed by atoms with Gasteiger partial charge in [-0.25, -0.2) is 0 Å². The highest BCUT2D eigenvalue weighted by atomic mass is 16.5. The minimum absolute atomic E-state index is 0.483. The first-order valence-electron chi connectivity index (χ1n) is 5.66. The van der Waals surface area contributed by atoms with Crippen LogP contribution in [0.5, 0.6) is 0 Å². The normalized spacial score (nSPS) is 29.4. The smallest absolute Gasteiger partial charge is 0.0746 e. The Morgan fingerprint density at radius 3 is 2.86 bits per heavy atom. The van der Waals surface area contributed by atoms with Crippen LogP contribution in [-0.2, 0) is 4.74 Å². The number of ether oxygens (including phenoxy) is 1. The van der Waals surface area contributed by atoms with Crippen molar-refractivity contribution in [2.24, 2.45) is 0 Å². The van der Waals surface area contributed by atoms with Crippen molar-refractivity contribution in [3.05, 3.63) is 0 Å². The fourth-order valence-corrected chi connectivity index (χ4v) is 1.95. The number of aliphatic hydroxyl groups is 1. The summed E-state index contributed by atoms with van der Waals surface area (Å²) < 4.78 is 5.43. The number of hydrogen-bond donors (Lipinski definition) is 1. The maximum atomic E-state index is 9.87. The van der Waals surface area contributed by atoms with E-state index in [-0.39, 0.29) is 0 Å². The second-order valence-corrected chi connectivity index (χ2v) is 4.49. The van der Waals surface area contributed by atoms with Crippen molar-refractivity contribution in [2.75, 3.05) is 32.8 Å². The number of nitrogens with zero attached hydrogens (tertiary/aromatic N) is 1. The van der Waals surface area contributed by atoms with Crippen molar-refractivity contribution in [3.63, 3.8) is 0 Å². The quantitative estimate of drug-likeness (QED) is 0.680. The van der Waals surface area contributed by atoms with Crippen LogP contribution in [0.25, 0.3) is 0 Å². The number of rotatable bonds is 5. The van der Waals surface area contributed by atoms with E-state index in [1.165, 1.54) is 0 Å². The molecule has 0 spiro atoms. The molecule has 0 aliphatic carbocycles. The summed E-state index contributed by atoms with van der Waals surface area (Å²) in [5, 5.41) is 9.87. The van der Waals surface area contributed by atoms with Gasteiger partial charge in [-0.1, -0.05) is 6.92 Å². The lowest BCUT2D eigenvalue weighted by atomic mass is 9.95. The van der Waals surface area contributed by atoms with E-state index in [0.717, 1.165) is 52.1 Å². The van der Waals surface area contributed by atoms with Gasteiger partial charge in [-0.15, -0.1) is 0 Å². The van der Waals surface area contributed by atoms with Crippen LogP contribution in [-0.4, -0.2) is 48.5 Å². The Labute approximate surface area is 87.1 Å². The highest BCUT2D eigenvalue weighted by molar-refractivity contribution is 4.82. The molecule has 1 aliphatic rings. The molecule has 0 amide bonds. The number of piperidine rings is 1. The molecule has 1 unspecified atom stereocenters. The van der Waals surface area contributed by atoms with E-state index in [1.54, 1.807) is 0 Å². The van der Waals surface area contributed by atoms with Crippen LogP contribution in [0.4, 0.5) is 0 Å². The van der Waals surface area contributed by atoms with Crippen molar-refractivity contribution in [2.45, 2.75) is 38.7 Å². The predicted molar refractivity (Wildman–Crippen MR) is 57.4 cm³/mol. The van der Waals surface area contributed by atoms with Crippen LogP contribution in [0, 0.1) is 0 Å². The molecule has 1 fully saturated rings. The molecule has 14 heavy (non-hydrogen) atoms. The summed E-state index contributed by atoms with van der Waals surface area (Å²) in [4.78, 5) is 2.29. The molecule has 1 atom stereocenters. The molecule has 1 saturated heterocycles. The summed E-state index contributed by atoms with van der Waals surface area (Å²) in [7, 11) is 0. The lowest BCUT2D eigenvalue weighted by Crippen LogP contribution is -2.47. The molecule has 0 aromatic heterocycles. The molecule has 1 rings (SSSR count). The largest absolute Gasteiger partial charge is 0.389 e. The van der Waals surface area contributed by atoms with Crippen molar-refractivity contribution < 1.29 is 9.84 Å². The number of β-amino-alcohol motifs (C(OH)–C–C–N with tert-alkyl or cyclic N) is 1. The van der Waals surface area contributed by atoms with Crippen molar-refractivity contribution in [1.29, 1.82) is 0 Å². The van der Waals surface area contributed by atoms with Gasteiger partial charge in [-0.05, 0) is 32.7 Å². The molecule has 3 nitrogen and oxygen atoms in total. The Hall–Kier alpha value is -0.120. The van der Waals surface area contributed by atoms with Crippen LogP contribution < -0.4 is 0 Å². The van der Waals surface area contributed by atoms with Gasteiger partial charge in [0.2, 0.25) is 0 Å². The summed E-state index contributed by atoms with van der Waals surface area (Å²) in [6.07, 6.45) is 3.11. The predicted octanol–water partition coefficient (Wildman–Crippen LogP) is 1.26. The first-order chi connectivity index (χ1) is 6.64. The third kappa shape index (κ3) is 4.40. The molecule has 0 radical (unpaired) electrons. The van der Waals surface area contributed by atoms with Gasteiger partial charge < -0.3 is 9.84 Å². The average molecular weight is 201 g/mol. The van der Waals surface area contributed by atoms with Crippen LogP contribution in [0.1, 0.15) is 33.1 Å². The van der Waals surface area contributed by atoms with Gasteiger partial charge in [0, 0.05) is 19.7 Å². The van der Waals surface area contributed by atoms with Crippen LogP contribution in [0.3, 0.4) is 0 Å². The van der Waals surface area contributed by atoms with Gasteiger partial charge in [0.15, 0.2) is 0 Å². The lowest BCUT2D eigenvalue weighted by Gasteiger charge is -2.36. The van der Waals surface area contributed by atoms with E-state index >= 15 is 0 Å².